The maximum atomic E-state index is 14.9. The molecule has 4 aromatic rings. The van der Waals surface area contributed by atoms with Crippen LogP contribution in [0.3, 0.4) is 0 Å². The van der Waals surface area contributed by atoms with E-state index in [1.54, 1.807) is 24.3 Å². The summed E-state index contributed by atoms with van der Waals surface area (Å²) in [5, 5.41) is 17.6. The van der Waals surface area contributed by atoms with E-state index in [0.29, 0.717) is 17.4 Å². The van der Waals surface area contributed by atoms with Gasteiger partial charge in [0.1, 0.15) is 11.9 Å². The lowest BCUT2D eigenvalue weighted by Gasteiger charge is -2.20. The molecule has 0 aliphatic carbocycles. The van der Waals surface area contributed by atoms with E-state index in [1.165, 1.54) is 29.2 Å². The van der Waals surface area contributed by atoms with Gasteiger partial charge in [-0.3, -0.25) is 9.59 Å². The molecule has 2 heterocycles. The first-order chi connectivity index (χ1) is 14.7. The summed E-state index contributed by atoms with van der Waals surface area (Å²) in [6, 6.07) is 11.3. The fourth-order valence-corrected chi connectivity index (χ4v) is 3.40. The molecule has 0 radical (unpaired) electrons. The normalized spacial score (nSPS) is 11.5. The quantitative estimate of drug-likeness (QED) is 0.476. The van der Waals surface area contributed by atoms with E-state index in [1.807, 2.05) is 26.8 Å². The predicted molar refractivity (Wildman–Crippen MR) is 113 cm³/mol. The third-order valence-corrected chi connectivity index (χ3v) is 5.06. The molecule has 0 fully saturated rings. The van der Waals surface area contributed by atoms with Crippen molar-refractivity contribution in [2.24, 2.45) is 0 Å². The second-order valence-corrected chi connectivity index (χ2v) is 8.12. The number of nitriles is 1. The van der Waals surface area contributed by atoms with Gasteiger partial charge >= 0.3 is 0 Å². The van der Waals surface area contributed by atoms with E-state index < -0.39 is 11.4 Å². The zero-order valence-corrected chi connectivity index (χ0v) is 17.1. The Morgan fingerprint density at radius 3 is 2.55 bits per heavy atom. The van der Waals surface area contributed by atoms with Crippen LogP contribution in [0.1, 0.15) is 42.4 Å². The molecule has 31 heavy (non-hydrogen) atoms. The summed E-state index contributed by atoms with van der Waals surface area (Å²) in [5.74, 6) is -0.641. The van der Waals surface area contributed by atoms with Crippen molar-refractivity contribution in [3.05, 3.63) is 81.8 Å². The predicted octanol–water partition coefficient (Wildman–Crippen LogP) is 3.69. The topological polar surface area (TPSA) is 93.6 Å². The van der Waals surface area contributed by atoms with Gasteiger partial charge in [-0.05, 0) is 41.3 Å². The molecule has 4 rings (SSSR count). The number of hydrogen-bond acceptors (Lipinski definition) is 5. The van der Waals surface area contributed by atoms with Gasteiger partial charge in [-0.15, -0.1) is 0 Å². The van der Waals surface area contributed by atoms with E-state index in [0.717, 1.165) is 10.2 Å². The average Bonchev–Trinajstić information content (AvgIpc) is 3.21. The maximum absolute atomic E-state index is 14.9. The van der Waals surface area contributed by atoms with Crippen molar-refractivity contribution in [2.45, 2.75) is 26.2 Å². The highest BCUT2D eigenvalue weighted by molar-refractivity contribution is 5.87. The van der Waals surface area contributed by atoms with Crippen molar-refractivity contribution in [3.8, 4) is 17.4 Å². The minimum absolute atomic E-state index is 0.101. The van der Waals surface area contributed by atoms with Crippen LogP contribution in [0.15, 0.2) is 53.6 Å². The van der Waals surface area contributed by atoms with Crippen LogP contribution in [0.4, 0.5) is 4.39 Å². The van der Waals surface area contributed by atoms with Crippen LogP contribution in [0.5, 0.6) is 0 Å². The highest BCUT2D eigenvalue weighted by Gasteiger charge is 2.20. The summed E-state index contributed by atoms with van der Waals surface area (Å²) in [5.41, 5.74) is 0.650. The Hall–Kier alpha value is -4.12. The Balaban J connectivity index is 1.96. The number of carbonyl (C=O) groups is 1. The smallest absolute Gasteiger partial charge is 0.282 e. The molecule has 0 atom stereocenters. The number of fused-ring (bicyclic) bond motifs is 1. The number of halogens is 1. The lowest BCUT2D eigenvalue weighted by Crippen LogP contribution is -2.24. The Bertz CT molecular complexity index is 1440. The van der Waals surface area contributed by atoms with Gasteiger partial charge < -0.3 is 0 Å². The summed E-state index contributed by atoms with van der Waals surface area (Å²) in [6.45, 7) is 5.87. The highest BCUT2D eigenvalue weighted by Crippen LogP contribution is 2.27. The minimum Gasteiger partial charge on any atom is -0.298 e. The lowest BCUT2D eigenvalue weighted by molar-refractivity contribution is 0.112. The molecule has 0 saturated carbocycles. The second-order valence-electron chi connectivity index (χ2n) is 8.12. The van der Waals surface area contributed by atoms with Crippen molar-refractivity contribution in [1.82, 2.24) is 19.6 Å². The number of carbonyl (C=O) groups excluding carboxylic acids is 1. The van der Waals surface area contributed by atoms with Crippen LogP contribution in [0.25, 0.3) is 22.1 Å². The third kappa shape index (κ3) is 3.40. The largest absolute Gasteiger partial charge is 0.298 e. The maximum Gasteiger partial charge on any atom is 0.282 e. The second kappa shape index (κ2) is 7.29. The first-order valence-corrected chi connectivity index (χ1v) is 9.51. The summed E-state index contributed by atoms with van der Waals surface area (Å²) >= 11 is 0. The van der Waals surface area contributed by atoms with Crippen molar-refractivity contribution in [1.29, 1.82) is 5.26 Å². The van der Waals surface area contributed by atoms with E-state index in [9.17, 15) is 14.0 Å². The summed E-state index contributed by atoms with van der Waals surface area (Å²) in [7, 11) is 0. The van der Waals surface area contributed by atoms with E-state index >= 15 is 0 Å². The first-order valence-electron chi connectivity index (χ1n) is 9.51. The fourth-order valence-electron chi connectivity index (χ4n) is 3.40. The van der Waals surface area contributed by atoms with E-state index in [2.05, 4.69) is 10.2 Å². The molecule has 0 spiro atoms. The Kier molecular flexibility index (Phi) is 4.74. The van der Waals surface area contributed by atoms with Crippen LogP contribution >= 0.6 is 0 Å². The van der Waals surface area contributed by atoms with Crippen molar-refractivity contribution in [2.75, 3.05) is 0 Å². The number of rotatable bonds is 3. The number of aldehydes is 1. The van der Waals surface area contributed by atoms with Crippen molar-refractivity contribution >= 4 is 17.1 Å². The van der Waals surface area contributed by atoms with Crippen LogP contribution in [0, 0.1) is 17.1 Å². The molecular weight excluding hydrogens is 397 g/mol. The monoisotopic (exact) mass is 415 g/mol. The standard InChI is InChI=1S/C23H18FN5O2/c1-23(2,3)15-9-14-12-26-29(22(31)21(14)18(24)10-15)20-6-4-5-19(17(20)13-30)28-8-7-16(11-25)27-28/h4-10,12-13H,1-3H3. The van der Waals surface area contributed by atoms with E-state index in [-0.39, 0.29) is 27.7 Å². The van der Waals surface area contributed by atoms with Crippen LogP contribution in [-0.4, -0.2) is 25.8 Å². The van der Waals surface area contributed by atoms with Gasteiger partial charge in [0.25, 0.3) is 5.56 Å². The molecule has 0 N–H and O–H groups in total. The molecule has 0 aliphatic heterocycles. The SMILES string of the molecule is CC(C)(C)c1cc(F)c2c(=O)n(-c3cccc(-n4ccc(C#N)n4)c3C=O)ncc2c1. The Morgan fingerprint density at radius 1 is 1.16 bits per heavy atom. The zero-order chi connectivity index (χ0) is 22.3. The molecule has 8 heteroatoms. The van der Waals surface area contributed by atoms with Crippen LogP contribution in [-0.2, 0) is 5.41 Å². The average molecular weight is 415 g/mol. The molecule has 0 saturated heterocycles. The summed E-state index contributed by atoms with van der Waals surface area (Å²) < 4.78 is 17.3. The van der Waals surface area contributed by atoms with Gasteiger partial charge in [-0.2, -0.15) is 20.1 Å². The van der Waals surface area contributed by atoms with Crippen molar-refractivity contribution < 1.29 is 9.18 Å². The van der Waals surface area contributed by atoms with Gasteiger partial charge in [0.15, 0.2) is 12.0 Å². The number of hydrogen-bond donors (Lipinski definition) is 0. The number of benzene rings is 2. The van der Waals surface area contributed by atoms with Gasteiger partial charge in [0.2, 0.25) is 0 Å². The Labute approximate surface area is 177 Å². The fraction of sp³-hybridized carbons (Fsp3) is 0.174. The minimum atomic E-state index is -0.672. The molecule has 154 valence electrons. The van der Waals surface area contributed by atoms with E-state index in [4.69, 9.17) is 5.26 Å². The van der Waals surface area contributed by atoms with Gasteiger partial charge in [0.05, 0.1) is 28.5 Å². The molecule has 2 aromatic carbocycles. The Morgan fingerprint density at radius 2 is 1.90 bits per heavy atom. The lowest BCUT2D eigenvalue weighted by atomic mass is 9.86. The van der Waals surface area contributed by atoms with Crippen molar-refractivity contribution in [3.63, 3.8) is 0 Å². The first kappa shape index (κ1) is 20.2. The molecule has 0 aliphatic rings. The number of nitrogens with zero attached hydrogens (tertiary/aromatic N) is 5. The van der Waals surface area contributed by atoms with Gasteiger partial charge in [0, 0.05) is 11.6 Å². The number of aromatic nitrogens is 4. The zero-order valence-electron chi connectivity index (χ0n) is 17.1. The van der Waals surface area contributed by atoms with Crippen LogP contribution in [0.2, 0.25) is 0 Å². The third-order valence-electron chi connectivity index (χ3n) is 5.06. The molecular formula is C23H18FN5O2. The molecule has 0 unspecified atom stereocenters. The van der Waals surface area contributed by atoms with Gasteiger partial charge in [-0.1, -0.05) is 26.8 Å². The van der Waals surface area contributed by atoms with Gasteiger partial charge in [-0.25, -0.2) is 9.07 Å². The molecule has 7 nitrogen and oxygen atoms in total. The highest BCUT2D eigenvalue weighted by atomic mass is 19.1. The van der Waals surface area contributed by atoms with Crippen LogP contribution < -0.4 is 5.56 Å². The molecule has 0 bridgehead atoms. The molecule has 0 amide bonds. The summed E-state index contributed by atoms with van der Waals surface area (Å²) in [4.78, 5) is 25.1. The molecule has 2 aromatic heterocycles. The summed E-state index contributed by atoms with van der Waals surface area (Å²) in [6.07, 6.45) is 3.53.